The second-order valence-electron chi connectivity index (χ2n) is 5.49. The Labute approximate surface area is 153 Å². The Balaban J connectivity index is 2.13. The van der Waals surface area contributed by atoms with E-state index in [1.54, 1.807) is 18.4 Å². The van der Waals surface area contributed by atoms with E-state index < -0.39 is 5.56 Å². The molecule has 3 rings (SSSR count). The van der Waals surface area contributed by atoms with Gasteiger partial charge in [-0.1, -0.05) is 18.7 Å². The van der Waals surface area contributed by atoms with E-state index in [0.717, 1.165) is 17.8 Å². The minimum atomic E-state index is -0.540. The highest BCUT2D eigenvalue weighted by Gasteiger charge is 2.17. The number of phenolic OH excluding ortho intramolecular Hbond substituents is 1. The molecular formula is C17H16N6O2S. The molecule has 3 aromatic rings. The summed E-state index contributed by atoms with van der Waals surface area (Å²) in [6.07, 6.45) is 2.52. The Bertz CT molecular complexity index is 1080. The second kappa shape index (κ2) is 7.01. The highest BCUT2D eigenvalue weighted by Crippen LogP contribution is 2.31. The zero-order valence-electron chi connectivity index (χ0n) is 14.4. The van der Waals surface area contributed by atoms with E-state index in [9.17, 15) is 15.2 Å². The van der Waals surface area contributed by atoms with Gasteiger partial charge in [-0.3, -0.25) is 4.79 Å². The molecule has 0 spiro atoms. The van der Waals surface area contributed by atoms with Crippen molar-refractivity contribution in [1.29, 1.82) is 5.26 Å². The number of thioether (sulfide) groups is 1. The summed E-state index contributed by atoms with van der Waals surface area (Å²) in [7, 11) is 0. The highest BCUT2D eigenvalue weighted by molar-refractivity contribution is 7.98. The van der Waals surface area contributed by atoms with Gasteiger partial charge in [0.1, 0.15) is 23.1 Å². The first-order valence-electron chi connectivity index (χ1n) is 7.83. The van der Waals surface area contributed by atoms with Crippen molar-refractivity contribution in [3.63, 3.8) is 0 Å². The van der Waals surface area contributed by atoms with Crippen LogP contribution >= 0.6 is 11.8 Å². The molecule has 9 heteroatoms. The Morgan fingerprint density at radius 1 is 1.38 bits per heavy atom. The standard InChI is InChI=1S/C17H16N6O2S/c1-4-13-9(2)21-23(22-13)10-5-6-11(14(24)7-10)15-12(8-18)16(25)20-17(19-15)26-3/h5-7,24H,4H2,1-3H3,(H,19,20,25). The number of aromatic nitrogens is 5. The third-order valence-corrected chi connectivity index (χ3v) is 4.46. The van der Waals surface area contributed by atoms with Crippen molar-refractivity contribution in [3.8, 4) is 28.8 Å². The number of benzene rings is 1. The Hall–Kier alpha value is -3.12. The van der Waals surface area contributed by atoms with Crippen LogP contribution in [0.25, 0.3) is 16.9 Å². The number of aromatic amines is 1. The van der Waals surface area contributed by atoms with E-state index in [2.05, 4.69) is 20.2 Å². The summed E-state index contributed by atoms with van der Waals surface area (Å²) in [5, 5.41) is 28.9. The van der Waals surface area contributed by atoms with E-state index in [4.69, 9.17) is 0 Å². The Kier molecular flexibility index (Phi) is 4.77. The molecule has 2 heterocycles. The molecule has 0 fully saturated rings. The van der Waals surface area contributed by atoms with E-state index in [1.807, 2.05) is 19.9 Å². The van der Waals surface area contributed by atoms with E-state index in [0.29, 0.717) is 16.4 Å². The smallest absolute Gasteiger partial charge is 0.270 e. The third kappa shape index (κ3) is 3.07. The fraction of sp³-hybridized carbons (Fsp3) is 0.235. The molecule has 26 heavy (non-hydrogen) atoms. The van der Waals surface area contributed by atoms with Gasteiger partial charge in [-0.25, -0.2) is 4.98 Å². The largest absolute Gasteiger partial charge is 0.507 e. The molecule has 0 amide bonds. The molecule has 0 unspecified atom stereocenters. The predicted molar refractivity (Wildman–Crippen MR) is 97.5 cm³/mol. The van der Waals surface area contributed by atoms with Crippen molar-refractivity contribution in [2.75, 3.05) is 6.26 Å². The number of hydrogen-bond donors (Lipinski definition) is 2. The molecule has 2 N–H and O–H groups in total. The number of nitrogens with one attached hydrogen (secondary N) is 1. The highest BCUT2D eigenvalue weighted by atomic mass is 32.2. The number of H-pyrrole nitrogens is 1. The molecule has 0 radical (unpaired) electrons. The first kappa shape index (κ1) is 17.7. The summed E-state index contributed by atoms with van der Waals surface area (Å²) in [5.74, 6) is -0.114. The van der Waals surface area contributed by atoms with Gasteiger partial charge in [-0.2, -0.15) is 20.3 Å². The average molecular weight is 368 g/mol. The van der Waals surface area contributed by atoms with Gasteiger partial charge < -0.3 is 10.1 Å². The van der Waals surface area contributed by atoms with Crippen LogP contribution in [0, 0.1) is 18.3 Å². The fourth-order valence-electron chi connectivity index (χ4n) is 2.54. The molecule has 1 aromatic carbocycles. The number of nitrogens with zero attached hydrogens (tertiary/aromatic N) is 5. The normalized spacial score (nSPS) is 10.7. The van der Waals surface area contributed by atoms with Crippen molar-refractivity contribution in [1.82, 2.24) is 25.0 Å². The molecule has 0 bridgehead atoms. The lowest BCUT2D eigenvalue weighted by Gasteiger charge is -2.08. The molecule has 0 saturated heterocycles. The first-order valence-corrected chi connectivity index (χ1v) is 9.06. The number of hydrogen-bond acceptors (Lipinski definition) is 7. The Morgan fingerprint density at radius 2 is 2.15 bits per heavy atom. The summed E-state index contributed by atoms with van der Waals surface area (Å²) in [4.78, 5) is 20.3. The van der Waals surface area contributed by atoms with Crippen molar-refractivity contribution in [2.24, 2.45) is 0 Å². The van der Waals surface area contributed by atoms with Gasteiger partial charge >= 0.3 is 0 Å². The zero-order valence-corrected chi connectivity index (χ0v) is 15.3. The molecule has 132 valence electrons. The molecule has 0 aliphatic rings. The van der Waals surface area contributed by atoms with Crippen molar-refractivity contribution >= 4 is 11.8 Å². The quantitative estimate of drug-likeness (QED) is 0.535. The maximum absolute atomic E-state index is 12.1. The van der Waals surface area contributed by atoms with Crippen LogP contribution in [-0.4, -0.2) is 36.3 Å². The lowest BCUT2D eigenvalue weighted by atomic mass is 10.1. The van der Waals surface area contributed by atoms with Crippen LogP contribution in [-0.2, 0) is 6.42 Å². The lowest BCUT2D eigenvalue weighted by molar-refractivity contribution is 0.476. The second-order valence-corrected chi connectivity index (χ2v) is 6.28. The summed E-state index contributed by atoms with van der Waals surface area (Å²) >= 11 is 1.24. The number of aromatic hydroxyl groups is 1. The van der Waals surface area contributed by atoms with Crippen LogP contribution in [0.2, 0.25) is 0 Å². The monoisotopic (exact) mass is 368 g/mol. The number of phenols is 1. The average Bonchev–Trinajstić information content (AvgIpc) is 3.01. The van der Waals surface area contributed by atoms with Crippen molar-refractivity contribution in [3.05, 3.63) is 45.5 Å². The SMILES string of the molecule is CCc1nn(-c2ccc(-c3nc(SC)[nH]c(=O)c3C#N)c(O)c2)nc1C. The molecule has 0 atom stereocenters. The fourth-order valence-corrected chi connectivity index (χ4v) is 2.92. The summed E-state index contributed by atoms with van der Waals surface area (Å²) in [6.45, 7) is 3.87. The third-order valence-electron chi connectivity index (χ3n) is 3.88. The van der Waals surface area contributed by atoms with Gasteiger partial charge in [0.05, 0.1) is 17.1 Å². The van der Waals surface area contributed by atoms with Gasteiger partial charge in [-0.05, 0) is 31.7 Å². The van der Waals surface area contributed by atoms with Crippen LogP contribution in [0.3, 0.4) is 0 Å². The van der Waals surface area contributed by atoms with Crippen LogP contribution in [0.5, 0.6) is 5.75 Å². The van der Waals surface area contributed by atoms with Crippen LogP contribution in [0.15, 0.2) is 28.2 Å². The van der Waals surface area contributed by atoms with Crippen LogP contribution in [0.4, 0.5) is 0 Å². The number of aryl methyl sites for hydroxylation is 2. The number of rotatable bonds is 4. The van der Waals surface area contributed by atoms with E-state index in [1.165, 1.54) is 22.6 Å². The molecule has 0 saturated carbocycles. The maximum atomic E-state index is 12.1. The minimum absolute atomic E-state index is 0.114. The van der Waals surface area contributed by atoms with Crippen LogP contribution < -0.4 is 5.56 Å². The minimum Gasteiger partial charge on any atom is -0.507 e. The molecule has 0 aliphatic heterocycles. The number of nitriles is 1. The van der Waals surface area contributed by atoms with Gasteiger partial charge in [0, 0.05) is 11.6 Å². The van der Waals surface area contributed by atoms with Crippen molar-refractivity contribution < 1.29 is 5.11 Å². The summed E-state index contributed by atoms with van der Waals surface area (Å²) < 4.78 is 0. The lowest BCUT2D eigenvalue weighted by Crippen LogP contribution is -2.14. The van der Waals surface area contributed by atoms with Gasteiger partial charge in [0.25, 0.3) is 5.56 Å². The first-order chi connectivity index (χ1) is 12.5. The summed E-state index contributed by atoms with van der Waals surface area (Å²) in [5.41, 5.74) is 2.02. The van der Waals surface area contributed by atoms with Crippen LogP contribution in [0.1, 0.15) is 23.9 Å². The molecule has 2 aromatic heterocycles. The van der Waals surface area contributed by atoms with Gasteiger partial charge in [0.2, 0.25) is 0 Å². The molecule has 0 aliphatic carbocycles. The summed E-state index contributed by atoms with van der Waals surface area (Å²) in [6, 6.07) is 6.64. The van der Waals surface area contributed by atoms with Crippen molar-refractivity contribution in [2.45, 2.75) is 25.4 Å². The van der Waals surface area contributed by atoms with E-state index >= 15 is 0 Å². The molecule has 8 nitrogen and oxygen atoms in total. The Morgan fingerprint density at radius 3 is 2.73 bits per heavy atom. The topological polar surface area (TPSA) is 120 Å². The molecular weight excluding hydrogens is 352 g/mol. The zero-order chi connectivity index (χ0) is 18.8. The van der Waals surface area contributed by atoms with E-state index in [-0.39, 0.29) is 17.0 Å². The van der Waals surface area contributed by atoms with Gasteiger partial charge in [-0.15, -0.1) is 0 Å². The van der Waals surface area contributed by atoms with Gasteiger partial charge in [0.15, 0.2) is 5.16 Å². The maximum Gasteiger partial charge on any atom is 0.270 e. The predicted octanol–water partition coefficient (Wildman–Crippen LogP) is 2.19.